The number of nitrogens with zero attached hydrogens (tertiary/aromatic N) is 3. The first-order valence-corrected chi connectivity index (χ1v) is 11.7. The van der Waals surface area contributed by atoms with Crippen LogP contribution >= 0.6 is 11.3 Å². The topological polar surface area (TPSA) is 115 Å². The number of primary amides is 1. The van der Waals surface area contributed by atoms with Crippen molar-refractivity contribution in [1.82, 2.24) is 14.5 Å². The number of hydrogen-bond donors (Lipinski definition) is 3. The van der Waals surface area contributed by atoms with E-state index in [4.69, 9.17) is 5.73 Å². The van der Waals surface area contributed by atoms with Gasteiger partial charge in [-0.1, -0.05) is 53.8 Å². The van der Waals surface area contributed by atoms with Crippen molar-refractivity contribution in [3.63, 3.8) is 0 Å². The molecule has 0 atom stereocenters. The molecule has 2 heterocycles. The minimum atomic E-state index is -0.714. The molecule has 0 aliphatic heterocycles. The van der Waals surface area contributed by atoms with E-state index in [-0.39, 0.29) is 11.6 Å². The third-order valence-electron chi connectivity index (χ3n) is 5.43. The first kappa shape index (κ1) is 22.3. The number of amides is 2. The lowest BCUT2D eigenvalue weighted by Gasteiger charge is -2.06. The number of aromatic nitrogens is 3. The molecule has 5 aromatic rings. The molecule has 5 rings (SSSR count). The Kier molecular flexibility index (Phi) is 5.99. The fourth-order valence-corrected chi connectivity index (χ4v) is 4.61. The fourth-order valence-electron chi connectivity index (χ4n) is 3.72. The smallest absolute Gasteiger partial charge is 0.270 e. The summed E-state index contributed by atoms with van der Waals surface area (Å²) in [6.07, 6.45) is 3.73. The number of nitrogens with two attached hydrogens (primary N) is 1. The molecule has 0 spiro atoms. The number of benzene rings is 3. The average molecular weight is 483 g/mol. The van der Waals surface area contributed by atoms with Gasteiger partial charge in [0.1, 0.15) is 5.00 Å². The predicted octanol–water partition coefficient (Wildman–Crippen LogP) is 4.94. The monoisotopic (exact) mass is 482 g/mol. The minimum absolute atomic E-state index is 0.0127. The summed E-state index contributed by atoms with van der Waals surface area (Å²) < 4.78 is 1.98. The Morgan fingerprint density at radius 3 is 2.51 bits per heavy atom. The Labute approximate surface area is 205 Å². The molecule has 4 N–H and O–H groups in total. The number of fused-ring (bicyclic) bond motifs is 1. The van der Waals surface area contributed by atoms with Gasteiger partial charge in [-0.3, -0.25) is 9.59 Å². The van der Waals surface area contributed by atoms with Crippen LogP contribution in [0.1, 0.15) is 32.1 Å². The summed E-state index contributed by atoms with van der Waals surface area (Å²) in [5, 5.41) is 8.92. The second-order valence-corrected chi connectivity index (χ2v) is 9.09. The van der Waals surface area contributed by atoms with Crippen LogP contribution in [0.15, 0.2) is 79.3 Å². The van der Waals surface area contributed by atoms with Gasteiger partial charge in [-0.25, -0.2) is 9.97 Å². The Morgan fingerprint density at radius 1 is 1.03 bits per heavy atom. The third-order valence-corrected chi connectivity index (χ3v) is 6.32. The van der Waals surface area contributed by atoms with Gasteiger partial charge in [0.2, 0.25) is 0 Å². The van der Waals surface area contributed by atoms with E-state index in [9.17, 15) is 9.59 Å². The van der Waals surface area contributed by atoms with E-state index < -0.39 is 5.91 Å². The van der Waals surface area contributed by atoms with E-state index in [1.807, 2.05) is 72.3 Å². The van der Waals surface area contributed by atoms with Crippen LogP contribution in [0.3, 0.4) is 0 Å². The molecule has 0 unspecified atom stereocenters. The molecule has 0 aliphatic carbocycles. The summed E-state index contributed by atoms with van der Waals surface area (Å²) in [4.78, 5) is 33.4. The normalized spacial score (nSPS) is 10.9. The molecular weight excluding hydrogens is 460 g/mol. The van der Waals surface area contributed by atoms with Crippen molar-refractivity contribution in [2.75, 3.05) is 10.6 Å². The maximum atomic E-state index is 12.9. The van der Waals surface area contributed by atoms with Crippen molar-refractivity contribution in [2.24, 2.45) is 5.73 Å². The van der Waals surface area contributed by atoms with Gasteiger partial charge in [0, 0.05) is 24.0 Å². The zero-order valence-electron chi connectivity index (χ0n) is 18.9. The van der Waals surface area contributed by atoms with Crippen molar-refractivity contribution in [1.29, 1.82) is 0 Å². The number of anilines is 3. The first-order valence-electron chi connectivity index (χ1n) is 10.9. The average Bonchev–Trinajstić information content (AvgIpc) is 3.45. The summed E-state index contributed by atoms with van der Waals surface area (Å²) in [5.74, 6) is -1.06. The Balaban J connectivity index is 1.31. The van der Waals surface area contributed by atoms with Crippen LogP contribution in [0.2, 0.25) is 0 Å². The van der Waals surface area contributed by atoms with Gasteiger partial charge >= 0.3 is 0 Å². The zero-order valence-corrected chi connectivity index (χ0v) is 19.7. The summed E-state index contributed by atoms with van der Waals surface area (Å²) in [7, 11) is 0. The molecule has 0 aliphatic rings. The molecule has 8 nitrogen and oxygen atoms in total. The van der Waals surface area contributed by atoms with Gasteiger partial charge in [-0.2, -0.15) is 0 Å². The van der Waals surface area contributed by atoms with E-state index >= 15 is 0 Å². The molecular formula is C26H22N6O2S. The maximum Gasteiger partial charge on any atom is 0.270 e. The molecule has 0 saturated heterocycles. The van der Waals surface area contributed by atoms with Crippen molar-refractivity contribution in [2.45, 2.75) is 13.5 Å². The molecule has 0 bridgehead atoms. The van der Waals surface area contributed by atoms with Crippen LogP contribution < -0.4 is 16.4 Å². The number of aryl methyl sites for hydroxylation is 1. The number of rotatable bonds is 7. The quantitative estimate of drug-likeness (QED) is 0.304. The highest BCUT2D eigenvalue weighted by molar-refractivity contribution is 7.20. The summed E-state index contributed by atoms with van der Waals surface area (Å²) >= 11 is 1.15. The van der Waals surface area contributed by atoms with Gasteiger partial charge in [-0.05, 0) is 47.5 Å². The third kappa shape index (κ3) is 5.04. The molecule has 9 heteroatoms. The predicted molar refractivity (Wildman–Crippen MR) is 138 cm³/mol. The summed E-state index contributed by atoms with van der Waals surface area (Å²) in [6.45, 7) is 2.60. The SMILES string of the molecule is Cc1cn(Cc2ccc(C(=O)Nc3sc(Nc4ccc5ccccc5c4)nc3C(N)=O)cc2)cn1. The number of imidazole rings is 1. The van der Waals surface area contributed by atoms with Crippen molar-refractivity contribution in [3.05, 3.63) is 102 Å². The molecule has 2 aromatic heterocycles. The van der Waals surface area contributed by atoms with Crippen molar-refractivity contribution in [3.8, 4) is 0 Å². The molecule has 3 aromatic carbocycles. The van der Waals surface area contributed by atoms with Gasteiger partial charge in [0.05, 0.1) is 12.0 Å². The Bertz CT molecular complexity index is 1540. The van der Waals surface area contributed by atoms with E-state index in [0.29, 0.717) is 22.2 Å². The largest absolute Gasteiger partial charge is 0.364 e. The van der Waals surface area contributed by atoms with E-state index in [2.05, 4.69) is 20.6 Å². The zero-order chi connectivity index (χ0) is 24.4. The van der Waals surface area contributed by atoms with Gasteiger partial charge in [0.25, 0.3) is 11.8 Å². The molecule has 35 heavy (non-hydrogen) atoms. The molecule has 2 amide bonds. The Hall–Kier alpha value is -4.50. The highest BCUT2D eigenvalue weighted by Crippen LogP contribution is 2.32. The number of nitrogens with one attached hydrogen (secondary N) is 2. The van der Waals surface area contributed by atoms with E-state index in [1.165, 1.54) is 0 Å². The maximum absolute atomic E-state index is 12.9. The highest BCUT2D eigenvalue weighted by atomic mass is 32.1. The Morgan fingerprint density at radius 2 is 1.80 bits per heavy atom. The van der Waals surface area contributed by atoms with E-state index in [1.54, 1.807) is 18.5 Å². The van der Waals surface area contributed by atoms with Crippen LogP contribution in [0.4, 0.5) is 15.8 Å². The summed E-state index contributed by atoms with van der Waals surface area (Å²) in [5.41, 5.74) is 8.80. The fraction of sp³-hybridized carbons (Fsp3) is 0.0769. The minimum Gasteiger partial charge on any atom is -0.364 e. The van der Waals surface area contributed by atoms with Gasteiger partial charge in [-0.15, -0.1) is 0 Å². The second kappa shape index (κ2) is 9.40. The highest BCUT2D eigenvalue weighted by Gasteiger charge is 2.19. The molecule has 174 valence electrons. The number of hydrogen-bond acceptors (Lipinski definition) is 6. The lowest BCUT2D eigenvalue weighted by molar-refractivity contribution is 0.0997. The van der Waals surface area contributed by atoms with Crippen molar-refractivity contribution >= 4 is 49.7 Å². The summed E-state index contributed by atoms with van der Waals surface area (Å²) in [6, 6.07) is 21.2. The van der Waals surface area contributed by atoms with Crippen LogP contribution in [-0.4, -0.2) is 26.3 Å². The van der Waals surface area contributed by atoms with Gasteiger partial charge in [0.15, 0.2) is 10.8 Å². The van der Waals surface area contributed by atoms with Crippen molar-refractivity contribution < 1.29 is 9.59 Å². The molecule has 0 radical (unpaired) electrons. The second-order valence-electron chi connectivity index (χ2n) is 8.09. The van der Waals surface area contributed by atoms with Crippen LogP contribution in [0.25, 0.3) is 10.8 Å². The first-order chi connectivity index (χ1) is 16.9. The lowest BCUT2D eigenvalue weighted by atomic mass is 10.1. The van der Waals surface area contributed by atoms with E-state index in [0.717, 1.165) is 39.1 Å². The number of carbonyl (C=O) groups excluding carboxylic acids is 2. The lowest BCUT2D eigenvalue weighted by Crippen LogP contribution is -2.17. The standard InChI is InChI=1S/C26H22N6O2S/c1-16-13-32(15-28-16)14-17-6-8-19(9-7-17)24(34)31-25-22(23(27)33)30-26(35-25)29-21-11-10-18-4-2-3-5-20(18)12-21/h2-13,15H,14H2,1H3,(H2,27,33)(H,29,30)(H,31,34). The number of carbonyl (C=O) groups is 2. The number of thiazole rings is 1. The molecule has 0 fully saturated rings. The molecule has 0 saturated carbocycles. The van der Waals surface area contributed by atoms with Gasteiger partial charge < -0.3 is 20.9 Å². The van der Waals surface area contributed by atoms with Crippen LogP contribution in [-0.2, 0) is 6.54 Å². The van der Waals surface area contributed by atoms with Crippen LogP contribution in [0.5, 0.6) is 0 Å². The van der Waals surface area contributed by atoms with Crippen LogP contribution in [0, 0.1) is 6.92 Å².